The van der Waals surface area contributed by atoms with Gasteiger partial charge < -0.3 is 15.0 Å². The molecule has 2 N–H and O–H groups in total. The number of nitrogens with zero attached hydrogens (tertiary/aromatic N) is 4. The van der Waals surface area contributed by atoms with Gasteiger partial charge in [0.15, 0.2) is 0 Å². The molecule has 0 bridgehead atoms. The highest BCUT2D eigenvalue weighted by Crippen LogP contribution is 2.40. The molecule has 1 amide bonds. The van der Waals surface area contributed by atoms with Crippen LogP contribution in [-0.4, -0.2) is 25.5 Å². The lowest BCUT2D eigenvalue weighted by atomic mass is 9.89. The van der Waals surface area contributed by atoms with E-state index < -0.39 is 11.5 Å². The first-order valence-corrected chi connectivity index (χ1v) is 11.1. The molecule has 4 rings (SSSR count). The van der Waals surface area contributed by atoms with Gasteiger partial charge in [0.05, 0.1) is 17.3 Å². The number of fused-ring (bicyclic) bond motifs is 1. The summed E-state index contributed by atoms with van der Waals surface area (Å²) in [6.07, 6.45) is 2.55. The molecule has 3 aromatic heterocycles. The predicted molar refractivity (Wildman–Crippen MR) is 126 cm³/mol. The van der Waals surface area contributed by atoms with Gasteiger partial charge >= 0.3 is 0 Å². The van der Waals surface area contributed by atoms with Crippen molar-refractivity contribution in [1.29, 1.82) is 5.26 Å². The highest BCUT2D eigenvalue weighted by Gasteiger charge is 2.33. The van der Waals surface area contributed by atoms with Crippen molar-refractivity contribution in [1.82, 2.24) is 14.5 Å². The van der Waals surface area contributed by atoms with Crippen LogP contribution >= 0.6 is 0 Å². The molecule has 33 heavy (non-hydrogen) atoms. The van der Waals surface area contributed by atoms with Gasteiger partial charge in [-0.15, -0.1) is 0 Å². The molecule has 0 fully saturated rings. The number of carbonyl (C=O) groups excluding carboxylic acids is 1. The summed E-state index contributed by atoms with van der Waals surface area (Å²) >= 11 is 0. The molecular weight excluding hydrogens is 414 g/mol. The number of anilines is 1. The molecule has 0 unspecified atom stereocenters. The number of amides is 1. The van der Waals surface area contributed by atoms with Crippen molar-refractivity contribution in [3.63, 3.8) is 0 Å². The van der Waals surface area contributed by atoms with E-state index in [-0.39, 0.29) is 11.3 Å². The third kappa shape index (κ3) is 4.53. The van der Waals surface area contributed by atoms with Gasteiger partial charge in [0.1, 0.15) is 23.2 Å². The van der Waals surface area contributed by atoms with E-state index in [1.807, 2.05) is 18.2 Å². The van der Waals surface area contributed by atoms with Crippen molar-refractivity contribution < 1.29 is 9.90 Å². The maximum atomic E-state index is 12.9. The predicted octanol–water partition coefficient (Wildman–Crippen LogP) is 4.37. The van der Waals surface area contributed by atoms with Crippen LogP contribution in [0.4, 0.5) is 5.82 Å². The average molecular weight is 444 g/mol. The summed E-state index contributed by atoms with van der Waals surface area (Å²) in [6, 6.07) is 13.3. The van der Waals surface area contributed by atoms with E-state index in [0.29, 0.717) is 22.9 Å². The standard InChI is InChI=1S/C26H29N5O2/c1-16(20-7-6-8-22(29-20)26(4,5)33)24(32)30-23-11-17(9-10-28-23)19-12-18(14-27)31-15-25(2,3)13-21(19)31/h6-12,16,33H,13,15H2,1-5H3,(H,28,30,32)/t16-/m1/s1. The summed E-state index contributed by atoms with van der Waals surface area (Å²) in [5, 5.41) is 22.7. The second kappa shape index (κ2) is 8.13. The summed E-state index contributed by atoms with van der Waals surface area (Å²) in [7, 11) is 0. The first-order chi connectivity index (χ1) is 15.5. The van der Waals surface area contributed by atoms with Crippen LogP contribution < -0.4 is 5.32 Å². The van der Waals surface area contributed by atoms with E-state index in [1.54, 1.807) is 45.2 Å². The van der Waals surface area contributed by atoms with Gasteiger partial charge in [-0.3, -0.25) is 9.78 Å². The van der Waals surface area contributed by atoms with Crippen LogP contribution in [0.3, 0.4) is 0 Å². The topological polar surface area (TPSA) is 104 Å². The van der Waals surface area contributed by atoms with Crippen LogP contribution in [0, 0.1) is 16.7 Å². The molecule has 170 valence electrons. The smallest absolute Gasteiger partial charge is 0.234 e. The molecule has 0 saturated heterocycles. The fraction of sp³-hybridized carbons (Fsp3) is 0.385. The number of carbonyl (C=O) groups is 1. The van der Waals surface area contributed by atoms with Crippen molar-refractivity contribution in [2.24, 2.45) is 5.41 Å². The summed E-state index contributed by atoms with van der Waals surface area (Å²) in [5.74, 6) is -0.317. The van der Waals surface area contributed by atoms with E-state index in [1.165, 1.54) is 0 Å². The number of rotatable bonds is 5. The Morgan fingerprint density at radius 1 is 1.30 bits per heavy atom. The molecule has 1 atom stereocenters. The van der Waals surface area contributed by atoms with Crippen LogP contribution in [0.5, 0.6) is 0 Å². The molecule has 0 aliphatic carbocycles. The Morgan fingerprint density at radius 2 is 2.06 bits per heavy atom. The Bertz CT molecular complexity index is 1260. The third-order valence-electron chi connectivity index (χ3n) is 6.11. The molecule has 0 spiro atoms. The SMILES string of the molecule is C[C@@H](C(=O)Nc1cc(-c2cc(C#N)n3c2CC(C)(C)C3)ccn1)c1cccc(C(C)(C)O)n1. The highest BCUT2D eigenvalue weighted by molar-refractivity contribution is 5.95. The largest absolute Gasteiger partial charge is 0.384 e. The van der Waals surface area contributed by atoms with Crippen molar-refractivity contribution in [2.75, 3.05) is 5.32 Å². The summed E-state index contributed by atoms with van der Waals surface area (Å²) in [5.41, 5.74) is 3.81. The number of nitriles is 1. The summed E-state index contributed by atoms with van der Waals surface area (Å²) in [6.45, 7) is 10.3. The fourth-order valence-corrected chi connectivity index (χ4v) is 4.31. The zero-order chi connectivity index (χ0) is 24.0. The van der Waals surface area contributed by atoms with Gasteiger partial charge in [-0.05, 0) is 68.5 Å². The monoisotopic (exact) mass is 443 g/mol. The van der Waals surface area contributed by atoms with Crippen molar-refractivity contribution >= 4 is 11.7 Å². The maximum Gasteiger partial charge on any atom is 0.234 e. The Kier molecular flexibility index (Phi) is 5.59. The number of pyridine rings is 2. The lowest BCUT2D eigenvalue weighted by Gasteiger charge is -2.19. The van der Waals surface area contributed by atoms with E-state index in [2.05, 4.69) is 39.8 Å². The number of hydrogen-bond acceptors (Lipinski definition) is 5. The highest BCUT2D eigenvalue weighted by atomic mass is 16.3. The van der Waals surface area contributed by atoms with Gasteiger partial charge in [-0.2, -0.15) is 5.26 Å². The van der Waals surface area contributed by atoms with Crippen molar-refractivity contribution in [3.8, 4) is 17.2 Å². The zero-order valence-electron chi connectivity index (χ0n) is 19.7. The first-order valence-electron chi connectivity index (χ1n) is 11.1. The van der Waals surface area contributed by atoms with Crippen molar-refractivity contribution in [3.05, 3.63) is 65.4 Å². The molecule has 0 radical (unpaired) electrons. The van der Waals surface area contributed by atoms with Crippen LogP contribution in [0.25, 0.3) is 11.1 Å². The van der Waals surface area contributed by atoms with E-state index in [9.17, 15) is 15.2 Å². The number of nitrogens with one attached hydrogen (secondary N) is 1. The van der Waals surface area contributed by atoms with Gasteiger partial charge in [-0.25, -0.2) is 4.98 Å². The minimum atomic E-state index is -1.09. The fourth-order valence-electron chi connectivity index (χ4n) is 4.31. The molecule has 7 heteroatoms. The Labute approximate surface area is 194 Å². The number of aliphatic hydroxyl groups is 1. The molecular formula is C26H29N5O2. The minimum absolute atomic E-state index is 0.0983. The zero-order valence-corrected chi connectivity index (χ0v) is 19.7. The van der Waals surface area contributed by atoms with Gasteiger partial charge in [-0.1, -0.05) is 19.9 Å². The van der Waals surface area contributed by atoms with E-state index in [0.717, 1.165) is 29.8 Å². The summed E-state index contributed by atoms with van der Waals surface area (Å²) < 4.78 is 2.09. The molecule has 0 aromatic carbocycles. The second-order valence-corrected chi connectivity index (χ2v) is 10.1. The average Bonchev–Trinajstić information content (AvgIpc) is 3.25. The normalized spacial score (nSPS) is 15.5. The van der Waals surface area contributed by atoms with E-state index >= 15 is 0 Å². The lowest BCUT2D eigenvalue weighted by Crippen LogP contribution is -2.23. The Hall–Kier alpha value is -3.50. The van der Waals surface area contributed by atoms with Gasteiger partial charge in [0.2, 0.25) is 5.91 Å². The molecule has 1 aliphatic rings. The van der Waals surface area contributed by atoms with Crippen LogP contribution in [0.1, 0.15) is 63.3 Å². The van der Waals surface area contributed by atoms with Crippen molar-refractivity contribution in [2.45, 2.75) is 59.1 Å². The molecule has 1 aliphatic heterocycles. The second-order valence-electron chi connectivity index (χ2n) is 10.1. The maximum absolute atomic E-state index is 12.9. The van der Waals surface area contributed by atoms with E-state index in [4.69, 9.17) is 0 Å². The third-order valence-corrected chi connectivity index (χ3v) is 6.11. The summed E-state index contributed by atoms with van der Waals surface area (Å²) in [4.78, 5) is 21.7. The van der Waals surface area contributed by atoms with Crippen LogP contribution in [0.2, 0.25) is 0 Å². The quantitative estimate of drug-likeness (QED) is 0.609. The number of hydrogen-bond donors (Lipinski definition) is 2. The molecule has 0 saturated carbocycles. The number of aromatic nitrogens is 3. The molecule has 3 aromatic rings. The lowest BCUT2D eigenvalue weighted by molar-refractivity contribution is -0.117. The molecule has 7 nitrogen and oxygen atoms in total. The van der Waals surface area contributed by atoms with Gasteiger partial charge in [0, 0.05) is 24.0 Å². The van der Waals surface area contributed by atoms with Gasteiger partial charge in [0.25, 0.3) is 0 Å². The minimum Gasteiger partial charge on any atom is -0.384 e. The van der Waals surface area contributed by atoms with Crippen LogP contribution in [0.15, 0.2) is 42.6 Å². The molecule has 4 heterocycles. The first kappa shape index (κ1) is 22.7. The Morgan fingerprint density at radius 3 is 2.76 bits per heavy atom. The Balaban J connectivity index is 1.58. The van der Waals surface area contributed by atoms with Crippen LogP contribution in [-0.2, 0) is 23.4 Å².